The minimum absolute atomic E-state index is 0.0154. The maximum Gasteiger partial charge on any atom is 0.265 e. The first-order valence-corrected chi connectivity index (χ1v) is 8.24. The normalized spacial score (nSPS) is 19.5. The van der Waals surface area contributed by atoms with Crippen molar-refractivity contribution >= 4 is 28.2 Å². The monoisotopic (exact) mass is 312 g/mol. The van der Waals surface area contributed by atoms with E-state index in [1.807, 2.05) is 18.9 Å². The number of nitrogens with one attached hydrogen (secondary N) is 1. The second-order valence-electron chi connectivity index (χ2n) is 5.45. The molecule has 3 N–H and O–H groups in total. The number of hydrogen-bond donors (Lipinski definition) is 2. The van der Waals surface area contributed by atoms with E-state index in [4.69, 9.17) is 10.5 Å². The van der Waals surface area contributed by atoms with E-state index in [-0.39, 0.29) is 18.1 Å². The van der Waals surface area contributed by atoms with Gasteiger partial charge in [-0.2, -0.15) is 0 Å². The lowest BCUT2D eigenvalue weighted by Gasteiger charge is -2.19. The first-order valence-electron chi connectivity index (χ1n) is 7.42. The molecule has 1 saturated heterocycles. The van der Waals surface area contributed by atoms with Gasteiger partial charge in [-0.05, 0) is 26.2 Å². The molecule has 2 heterocycles. The van der Waals surface area contributed by atoms with E-state index >= 15 is 0 Å². The zero-order valence-electron chi connectivity index (χ0n) is 12.9. The molecule has 7 heteroatoms. The molecular weight excluding hydrogens is 288 g/mol. The highest BCUT2D eigenvalue weighted by Gasteiger charge is 2.26. The van der Waals surface area contributed by atoms with Crippen molar-refractivity contribution in [3.05, 3.63) is 4.88 Å². The molecule has 21 heavy (non-hydrogen) atoms. The molecule has 1 aliphatic heterocycles. The molecule has 0 radical (unpaired) electrons. The van der Waals surface area contributed by atoms with Gasteiger partial charge in [0.25, 0.3) is 5.91 Å². The van der Waals surface area contributed by atoms with Crippen LogP contribution in [0.1, 0.15) is 42.8 Å². The number of carbonyl (C=O) groups excluding carboxylic acids is 1. The van der Waals surface area contributed by atoms with Crippen LogP contribution >= 0.6 is 11.3 Å². The number of thiazole rings is 1. The third kappa shape index (κ3) is 3.85. The summed E-state index contributed by atoms with van der Waals surface area (Å²) in [4.78, 5) is 19.1. The number of nitrogens with zero attached hydrogens (tertiary/aromatic N) is 2. The van der Waals surface area contributed by atoms with Gasteiger partial charge in [0.15, 0.2) is 5.13 Å². The van der Waals surface area contributed by atoms with Crippen LogP contribution in [0, 0.1) is 0 Å². The molecule has 1 fully saturated rings. The Kier molecular flexibility index (Phi) is 5.41. The number of hydrogen-bond acceptors (Lipinski definition) is 6. The number of anilines is 2. The zero-order chi connectivity index (χ0) is 15.4. The molecule has 1 aromatic rings. The first kappa shape index (κ1) is 16.0. The fourth-order valence-electron chi connectivity index (χ4n) is 2.44. The van der Waals surface area contributed by atoms with Gasteiger partial charge in [-0.3, -0.25) is 4.79 Å². The van der Waals surface area contributed by atoms with Gasteiger partial charge in [-0.15, -0.1) is 0 Å². The van der Waals surface area contributed by atoms with Crippen LogP contribution in [0.25, 0.3) is 0 Å². The Morgan fingerprint density at radius 2 is 2.43 bits per heavy atom. The number of nitrogens with two attached hydrogens (primary N) is 1. The SMILES string of the molecule is CCCN(C)c1nc(N)c(C(=O)NC(C)C2CCCO2)s1. The smallest absolute Gasteiger partial charge is 0.265 e. The van der Waals surface area contributed by atoms with Crippen LogP contribution in [0.15, 0.2) is 0 Å². The summed E-state index contributed by atoms with van der Waals surface area (Å²) in [5.41, 5.74) is 5.89. The topological polar surface area (TPSA) is 80.5 Å². The lowest BCUT2D eigenvalue weighted by molar-refractivity contribution is 0.0715. The molecular formula is C14H24N4O2S. The summed E-state index contributed by atoms with van der Waals surface area (Å²) in [6.07, 6.45) is 3.17. The molecule has 2 atom stereocenters. The van der Waals surface area contributed by atoms with Crippen LogP contribution < -0.4 is 16.0 Å². The van der Waals surface area contributed by atoms with Gasteiger partial charge in [-0.1, -0.05) is 18.3 Å². The predicted molar refractivity (Wildman–Crippen MR) is 86.0 cm³/mol. The number of carbonyl (C=O) groups is 1. The van der Waals surface area contributed by atoms with E-state index in [1.54, 1.807) is 0 Å². The van der Waals surface area contributed by atoms with Crippen LogP contribution in [-0.4, -0.2) is 43.2 Å². The second kappa shape index (κ2) is 7.09. The summed E-state index contributed by atoms with van der Waals surface area (Å²) >= 11 is 1.34. The minimum atomic E-state index is -0.163. The van der Waals surface area contributed by atoms with Crippen molar-refractivity contribution in [1.82, 2.24) is 10.3 Å². The molecule has 0 aromatic carbocycles. The minimum Gasteiger partial charge on any atom is -0.382 e. The lowest BCUT2D eigenvalue weighted by Crippen LogP contribution is -2.40. The van der Waals surface area contributed by atoms with Gasteiger partial charge in [0.1, 0.15) is 10.7 Å². The molecule has 0 aliphatic carbocycles. The van der Waals surface area contributed by atoms with Gasteiger partial charge < -0.3 is 20.7 Å². The van der Waals surface area contributed by atoms with E-state index in [2.05, 4.69) is 17.2 Å². The third-order valence-electron chi connectivity index (χ3n) is 3.62. The highest BCUT2D eigenvalue weighted by Crippen LogP contribution is 2.27. The van der Waals surface area contributed by atoms with Crippen molar-refractivity contribution in [2.24, 2.45) is 0 Å². The molecule has 6 nitrogen and oxygen atoms in total. The average molecular weight is 312 g/mol. The molecule has 0 saturated carbocycles. The number of ether oxygens (including phenoxy) is 1. The van der Waals surface area contributed by atoms with Crippen LogP contribution in [-0.2, 0) is 4.74 Å². The summed E-state index contributed by atoms with van der Waals surface area (Å²) in [5, 5.41) is 3.75. The van der Waals surface area contributed by atoms with Gasteiger partial charge >= 0.3 is 0 Å². The molecule has 1 aliphatic rings. The standard InChI is InChI=1S/C14H24N4O2S/c1-4-7-18(3)14-17-12(15)11(21-14)13(19)16-9(2)10-6-5-8-20-10/h9-10H,4-8,15H2,1-3H3,(H,16,19). The molecule has 1 aromatic heterocycles. The summed E-state index contributed by atoms with van der Waals surface area (Å²) in [7, 11) is 1.96. The van der Waals surface area contributed by atoms with Crippen molar-refractivity contribution in [3.8, 4) is 0 Å². The Bertz CT molecular complexity index is 485. The van der Waals surface area contributed by atoms with Gasteiger partial charge in [0.05, 0.1) is 12.1 Å². The lowest BCUT2D eigenvalue weighted by atomic mass is 10.1. The maximum absolute atomic E-state index is 12.3. The van der Waals surface area contributed by atoms with E-state index in [0.29, 0.717) is 10.7 Å². The fourth-order valence-corrected chi connectivity index (χ4v) is 3.31. The zero-order valence-corrected chi connectivity index (χ0v) is 13.7. The Hall–Kier alpha value is -1.34. The maximum atomic E-state index is 12.3. The molecule has 0 spiro atoms. The Balaban J connectivity index is 2.01. The van der Waals surface area contributed by atoms with Crippen LogP contribution in [0.2, 0.25) is 0 Å². The van der Waals surface area contributed by atoms with Crippen LogP contribution in [0.4, 0.5) is 10.9 Å². The van der Waals surface area contributed by atoms with Gasteiger partial charge in [0, 0.05) is 20.2 Å². The number of aromatic nitrogens is 1. The largest absolute Gasteiger partial charge is 0.382 e. The summed E-state index contributed by atoms with van der Waals surface area (Å²) in [5.74, 6) is 0.138. The summed E-state index contributed by atoms with van der Waals surface area (Å²) in [6, 6.07) is -0.0154. The summed E-state index contributed by atoms with van der Waals surface area (Å²) < 4.78 is 5.59. The quantitative estimate of drug-likeness (QED) is 0.838. The number of amides is 1. The van der Waals surface area contributed by atoms with E-state index in [1.165, 1.54) is 11.3 Å². The third-order valence-corrected chi connectivity index (χ3v) is 4.80. The molecule has 2 rings (SSSR count). The van der Waals surface area contributed by atoms with Crippen LogP contribution in [0.5, 0.6) is 0 Å². The summed E-state index contributed by atoms with van der Waals surface area (Å²) in [6.45, 7) is 5.74. The molecule has 0 bridgehead atoms. The van der Waals surface area contributed by atoms with E-state index < -0.39 is 0 Å². The number of rotatable bonds is 6. The van der Waals surface area contributed by atoms with E-state index in [0.717, 1.165) is 37.5 Å². The van der Waals surface area contributed by atoms with Gasteiger partial charge in [-0.25, -0.2) is 4.98 Å². The van der Waals surface area contributed by atoms with Crippen molar-refractivity contribution in [3.63, 3.8) is 0 Å². The van der Waals surface area contributed by atoms with Crippen molar-refractivity contribution in [2.45, 2.75) is 45.3 Å². The van der Waals surface area contributed by atoms with Crippen molar-refractivity contribution in [1.29, 1.82) is 0 Å². The highest BCUT2D eigenvalue weighted by atomic mass is 32.1. The van der Waals surface area contributed by atoms with E-state index in [9.17, 15) is 4.79 Å². The Morgan fingerprint density at radius 3 is 3.05 bits per heavy atom. The van der Waals surface area contributed by atoms with Crippen molar-refractivity contribution in [2.75, 3.05) is 30.8 Å². The number of nitrogen functional groups attached to an aromatic ring is 1. The predicted octanol–water partition coefficient (Wildman–Crippen LogP) is 1.87. The highest BCUT2D eigenvalue weighted by molar-refractivity contribution is 7.18. The molecule has 1 amide bonds. The Labute approximate surface area is 129 Å². The fraction of sp³-hybridized carbons (Fsp3) is 0.714. The van der Waals surface area contributed by atoms with Crippen molar-refractivity contribution < 1.29 is 9.53 Å². The second-order valence-corrected chi connectivity index (χ2v) is 6.42. The van der Waals surface area contributed by atoms with Crippen LogP contribution in [0.3, 0.4) is 0 Å². The Morgan fingerprint density at radius 1 is 1.67 bits per heavy atom. The molecule has 2 unspecified atom stereocenters. The first-order chi connectivity index (χ1) is 10.0. The van der Waals surface area contributed by atoms with Gasteiger partial charge in [0.2, 0.25) is 0 Å². The average Bonchev–Trinajstić information content (AvgIpc) is 3.07. The molecule has 118 valence electrons.